The molecule has 1 atom stereocenters. The molecule has 0 unspecified atom stereocenters. The molecule has 36 heavy (non-hydrogen) atoms. The fourth-order valence-corrected chi connectivity index (χ4v) is 5.58. The minimum absolute atomic E-state index is 0.257. The van der Waals surface area contributed by atoms with Gasteiger partial charge < -0.3 is 14.5 Å². The molecule has 1 saturated carbocycles. The Morgan fingerprint density at radius 2 is 1.75 bits per heavy atom. The van der Waals surface area contributed by atoms with Gasteiger partial charge in [0.15, 0.2) is 0 Å². The molecule has 3 heterocycles. The number of rotatable bonds is 5. The Morgan fingerprint density at radius 3 is 2.58 bits per heavy atom. The number of likely N-dealkylation sites (tertiary alicyclic amines) is 1. The number of benzene rings is 3. The van der Waals surface area contributed by atoms with Gasteiger partial charge in [0.05, 0.1) is 11.0 Å². The van der Waals surface area contributed by atoms with Crippen molar-refractivity contribution in [2.24, 2.45) is 11.8 Å². The van der Waals surface area contributed by atoms with Gasteiger partial charge in [-0.25, -0.2) is 9.37 Å². The van der Waals surface area contributed by atoms with Crippen LogP contribution in [-0.4, -0.2) is 38.4 Å². The Bertz CT molecular complexity index is 1590. The van der Waals surface area contributed by atoms with E-state index in [1.54, 1.807) is 0 Å². The summed E-state index contributed by atoms with van der Waals surface area (Å²) in [4.78, 5) is 22.7. The number of nitrogens with zero attached hydrogens (tertiary/aromatic N) is 3. The zero-order valence-corrected chi connectivity index (χ0v) is 20.0. The molecule has 0 spiro atoms. The molecular weight excluding hydrogens is 451 g/mol. The number of hydrogen-bond donors (Lipinski definition) is 1. The fourth-order valence-electron chi connectivity index (χ4n) is 5.58. The van der Waals surface area contributed by atoms with Gasteiger partial charge in [-0.2, -0.15) is 0 Å². The van der Waals surface area contributed by atoms with Crippen molar-refractivity contribution in [2.75, 3.05) is 13.1 Å². The van der Waals surface area contributed by atoms with Crippen LogP contribution in [0.15, 0.2) is 72.9 Å². The minimum atomic E-state index is -0.282. The van der Waals surface area contributed by atoms with Crippen LogP contribution in [0.25, 0.3) is 44.5 Å². The van der Waals surface area contributed by atoms with Crippen LogP contribution >= 0.6 is 0 Å². The lowest BCUT2D eigenvalue weighted by Gasteiger charge is -2.18. The zero-order valence-electron chi connectivity index (χ0n) is 20.0. The number of hydrogen-bond acceptors (Lipinski definition) is 2. The SMILES string of the molecule is O=C(C1CC1)N1CC[C@@H](Cn2c(-c3ccc(-c4ccc5cc[nH]c5c4)cc3)nc3cc(F)ccc32)C1. The molecule has 3 aromatic carbocycles. The van der Waals surface area contributed by atoms with Crippen molar-refractivity contribution >= 4 is 27.8 Å². The molecule has 1 amide bonds. The van der Waals surface area contributed by atoms with E-state index in [9.17, 15) is 9.18 Å². The van der Waals surface area contributed by atoms with Crippen LogP contribution in [0.2, 0.25) is 0 Å². The molecule has 180 valence electrons. The molecular formula is C30H27FN4O. The number of nitrogens with one attached hydrogen (secondary N) is 1. The highest BCUT2D eigenvalue weighted by Gasteiger charge is 2.36. The van der Waals surface area contributed by atoms with Crippen LogP contribution in [0, 0.1) is 17.7 Å². The van der Waals surface area contributed by atoms with Gasteiger partial charge >= 0.3 is 0 Å². The van der Waals surface area contributed by atoms with Gasteiger partial charge in [0.1, 0.15) is 11.6 Å². The number of carbonyl (C=O) groups is 1. The van der Waals surface area contributed by atoms with Crippen molar-refractivity contribution in [3.8, 4) is 22.5 Å². The van der Waals surface area contributed by atoms with E-state index >= 15 is 0 Å². The third kappa shape index (κ3) is 3.77. The summed E-state index contributed by atoms with van der Waals surface area (Å²) in [5.74, 6) is 1.50. The van der Waals surface area contributed by atoms with E-state index in [1.807, 2.05) is 17.2 Å². The van der Waals surface area contributed by atoms with Crippen molar-refractivity contribution in [2.45, 2.75) is 25.8 Å². The molecule has 0 bridgehead atoms. The zero-order chi connectivity index (χ0) is 24.2. The van der Waals surface area contributed by atoms with E-state index < -0.39 is 0 Å². The Labute approximate surface area is 208 Å². The first-order valence-corrected chi connectivity index (χ1v) is 12.7. The molecule has 2 aromatic heterocycles. The Kier molecular flexibility index (Phi) is 4.94. The lowest BCUT2D eigenvalue weighted by Crippen LogP contribution is -2.30. The van der Waals surface area contributed by atoms with Gasteiger partial charge in [0.25, 0.3) is 0 Å². The topological polar surface area (TPSA) is 53.9 Å². The summed E-state index contributed by atoms with van der Waals surface area (Å²) < 4.78 is 16.3. The predicted molar refractivity (Wildman–Crippen MR) is 140 cm³/mol. The number of halogens is 1. The molecule has 5 nitrogen and oxygen atoms in total. The molecule has 6 heteroatoms. The maximum Gasteiger partial charge on any atom is 0.225 e. The normalized spacial score (nSPS) is 17.9. The average Bonchev–Trinajstić information content (AvgIpc) is 3.30. The highest BCUT2D eigenvalue weighted by atomic mass is 19.1. The van der Waals surface area contributed by atoms with Crippen molar-refractivity contribution in [3.05, 3.63) is 78.7 Å². The molecule has 2 fully saturated rings. The molecule has 1 aliphatic heterocycles. The van der Waals surface area contributed by atoms with Crippen LogP contribution in [0.5, 0.6) is 0 Å². The van der Waals surface area contributed by atoms with Crippen LogP contribution in [-0.2, 0) is 11.3 Å². The molecule has 2 aliphatic rings. The van der Waals surface area contributed by atoms with Crippen molar-refractivity contribution in [3.63, 3.8) is 0 Å². The van der Waals surface area contributed by atoms with Gasteiger partial charge in [-0.15, -0.1) is 0 Å². The number of aromatic amines is 1. The largest absolute Gasteiger partial charge is 0.361 e. The lowest BCUT2D eigenvalue weighted by molar-refractivity contribution is -0.131. The maximum absolute atomic E-state index is 14.0. The number of carbonyl (C=O) groups excluding carboxylic acids is 1. The van der Waals surface area contributed by atoms with Gasteiger partial charge in [0.2, 0.25) is 5.91 Å². The van der Waals surface area contributed by atoms with Gasteiger partial charge in [-0.05, 0) is 66.0 Å². The molecule has 1 N–H and O–H groups in total. The third-order valence-corrected chi connectivity index (χ3v) is 7.71. The number of aromatic nitrogens is 3. The summed E-state index contributed by atoms with van der Waals surface area (Å²) >= 11 is 0. The number of imidazole rings is 1. The van der Waals surface area contributed by atoms with Crippen LogP contribution < -0.4 is 0 Å². The van der Waals surface area contributed by atoms with Crippen molar-refractivity contribution in [1.82, 2.24) is 19.4 Å². The number of H-pyrrole nitrogens is 1. The molecule has 1 aliphatic carbocycles. The monoisotopic (exact) mass is 478 g/mol. The van der Waals surface area contributed by atoms with Crippen LogP contribution in [0.1, 0.15) is 19.3 Å². The molecule has 1 saturated heterocycles. The first-order chi connectivity index (χ1) is 17.6. The first kappa shape index (κ1) is 21.4. The van der Waals surface area contributed by atoms with E-state index in [1.165, 1.54) is 17.5 Å². The van der Waals surface area contributed by atoms with E-state index in [0.717, 1.165) is 72.4 Å². The second-order valence-corrected chi connectivity index (χ2v) is 10.2. The quantitative estimate of drug-likeness (QED) is 0.325. The van der Waals surface area contributed by atoms with Gasteiger partial charge in [0, 0.05) is 48.9 Å². The van der Waals surface area contributed by atoms with Crippen molar-refractivity contribution in [1.29, 1.82) is 0 Å². The number of amides is 1. The van der Waals surface area contributed by atoms with E-state index in [2.05, 4.69) is 58.1 Å². The van der Waals surface area contributed by atoms with Crippen LogP contribution in [0.4, 0.5) is 4.39 Å². The fraction of sp³-hybridized carbons (Fsp3) is 0.267. The minimum Gasteiger partial charge on any atom is -0.361 e. The highest BCUT2D eigenvalue weighted by Crippen LogP contribution is 2.34. The Morgan fingerprint density at radius 1 is 0.944 bits per heavy atom. The lowest BCUT2D eigenvalue weighted by atomic mass is 10.0. The molecule has 0 radical (unpaired) electrons. The summed E-state index contributed by atoms with van der Waals surface area (Å²) in [6, 6.07) is 21.8. The molecule has 5 aromatic rings. The highest BCUT2D eigenvalue weighted by molar-refractivity contribution is 5.86. The predicted octanol–water partition coefficient (Wildman–Crippen LogP) is 6.25. The standard InChI is InChI=1S/C30H27FN4O/c31-25-9-10-28-27(16-25)33-29(35(28)18-19-12-14-34(17-19)30(36)23-6-7-23)22-4-1-20(2-5-22)24-8-3-21-11-13-32-26(21)15-24/h1-5,8-11,13,15-16,19,23,32H,6-7,12,14,17-18H2/t19-/m1/s1. The van der Waals surface area contributed by atoms with E-state index in [0.29, 0.717) is 17.3 Å². The molecule has 7 rings (SSSR count). The second-order valence-electron chi connectivity index (χ2n) is 10.2. The average molecular weight is 479 g/mol. The smallest absolute Gasteiger partial charge is 0.225 e. The Hall–Kier alpha value is -3.93. The van der Waals surface area contributed by atoms with E-state index in [-0.39, 0.29) is 11.7 Å². The Balaban J connectivity index is 1.21. The second kappa shape index (κ2) is 8.33. The summed E-state index contributed by atoms with van der Waals surface area (Å²) in [6.07, 6.45) is 5.02. The summed E-state index contributed by atoms with van der Waals surface area (Å²) in [6.45, 7) is 2.38. The van der Waals surface area contributed by atoms with Gasteiger partial charge in [-0.1, -0.05) is 36.4 Å². The van der Waals surface area contributed by atoms with Crippen LogP contribution in [0.3, 0.4) is 0 Å². The van der Waals surface area contributed by atoms with E-state index in [4.69, 9.17) is 4.98 Å². The first-order valence-electron chi connectivity index (χ1n) is 12.7. The summed E-state index contributed by atoms with van der Waals surface area (Å²) in [7, 11) is 0. The van der Waals surface area contributed by atoms with Crippen molar-refractivity contribution < 1.29 is 9.18 Å². The van der Waals surface area contributed by atoms with Gasteiger partial charge in [-0.3, -0.25) is 4.79 Å². The maximum atomic E-state index is 14.0. The summed E-state index contributed by atoms with van der Waals surface area (Å²) in [5.41, 5.74) is 5.99. The third-order valence-electron chi connectivity index (χ3n) is 7.71. The summed E-state index contributed by atoms with van der Waals surface area (Å²) in [5, 5.41) is 1.20. The number of fused-ring (bicyclic) bond motifs is 2.